The lowest BCUT2D eigenvalue weighted by atomic mass is 9.89. The molecule has 0 fully saturated rings. The molecule has 2 heterocycles. The van der Waals surface area contributed by atoms with Crippen molar-refractivity contribution in [3.05, 3.63) is 42.0 Å². The van der Waals surface area contributed by atoms with Crippen molar-refractivity contribution < 1.29 is 33.3 Å². The minimum atomic E-state index is -1.17. The largest absolute Gasteiger partial charge is 0.493 e. The quantitative estimate of drug-likeness (QED) is 0.338. The van der Waals surface area contributed by atoms with Crippen LogP contribution >= 0.6 is 0 Å². The number of imidazole rings is 1. The van der Waals surface area contributed by atoms with Crippen LogP contribution in [0, 0.1) is 5.92 Å². The number of hydrogen-bond donors (Lipinski definition) is 0. The number of esters is 1. The zero-order chi connectivity index (χ0) is 25.1. The Balaban J connectivity index is 2.03. The van der Waals surface area contributed by atoms with Gasteiger partial charge in [-0.15, -0.1) is 0 Å². The third kappa shape index (κ3) is 4.14. The highest BCUT2D eigenvalue weighted by Crippen LogP contribution is 2.46. The van der Waals surface area contributed by atoms with Crippen LogP contribution in [0.1, 0.15) is 18.5 Å². The number of aromatic nitrogens is 2. The SMILES string of the molecule is CCOC(=O)C1C(=O)N(CCOC)c2nc3ccccc3n2C1c1cc(OC)c(OC)c(OC)c1. The molecule has 0 bridgehead atoms. The van der Waals surface area contributed by atoms with Crippen LogP contribution in [0.4, 0.5) is 5.95 Å². The number of para-hydroxylation sites is 2. The summed E-state index contributed by atoms with van der Waals surface area (Å²) in [4.78, 5) is 33.4. The molecule has 2 atom stereocenters. The lowest BCUT2D eigenvalue weighted by Crippen LogP contribution is -2.51. The molecule has 1 aromatic heterocycles. The Labute approximate surface area is 203 Å². The molecule has 0 saturated heterocycles. The van der Waals surface area contributed by atoms with Crippen LogP contribution in [0.25, 0.3) is 11.0 Å². The van der Waals surface area contributed by atoms with Crippen LogP contribution in [0.2, 0.25) is 0 Å². The summed E-state index contributed by atoms with van der Waals surface area (Å²) in [5.41, 5.74) is 2.08. The van der Waals surface area contributed by atoms with Crippen LogP contribution < -0.4 is 19.1 Å². The van der Waals surface area contributed by atoms with Crippen molar-refractivity contribution in [2.24, 2.45) is 5.92 Å². The second kappa shape index (κ2) is 10.2. The fraction of sp³-hybridized carbons (Fsp3) is 0.400. The number of hydrogen-bond acceptors (Lipinski definition) is 8. The minimum Gasteiger partial charge on any atom is -0.493 e. The molecule has 1 amide bonds. The first-order valence-electron chi connectivity index (χ1n) is 11.2. The second-order valence-electron chi connectivity index (χ2n) is 7.89. The van der Waals surface area contributed by atoms with Crippen molar-refractivity contribution in [3.8, 4) is 17.2 Å². The predicted molar refractivity (Wildman–Crippen MR) is 128 cm³/mol. The maximum absolute atomic E-state index is 13.8. The van der Waals surface area contributed by atoms with Gasteiger partial charge >= 0.3 is 5.97 Å². The van der Waals surface area contributed by atoms with Gasteiger partial charge in [0.2, 0.25) is 17.6 Å². The fourth-order valence-corrected chi connectivity index (χ4v) is 4.52. The summed E-state index contributed by atoms with van der Waals surface area (Å²) in [6.45, 7) is 2.36. The Bertz CT molecular complexity index is 1210. The Morgan fingerprint density at radius 1 is 1.03 bits per heavy atom. The van der Waals surface area contributed by atoms with Crippen LogP contribution in [-0.4, -0.2) is 69.6 Å². The first-order valence-corrected chi connectivity index (χ1v) is 11.2. The van der Waals surface area contributed by atoms with Gasteiger partial charge in [-0.2, -0.15) is 0 Å². The Morgan fingerprint density at radius 2 is 1.71 bits per heavy atom. The third-order valence-corrected chi connectivity index (χ3v) is 6.03. The van der Waals surface area contributed by atoms with E-state index >= 15 is 0 Å². The second-order valence-corrected chi connectivity index (χ2v) is 7.89. The van der Waals surface area contributed by atoms with Gasteiger partial charge in [0.05, 0.1) is 58.2 Å². The van der Waals surface area contributed by atoms with Gasteiger partial charge in [-0.25, -0.2) is 4.98 Å². The number of methoxy groups -OCH3 is 4. The summed E-state index contributed by atoms with van der Waals surface area (Å²) in [6, 6.07) is 10.3. The van der Waals surface area contributed by atoms with Gasteiger partial charge in [0.15, 0.2) is 17.4 Å². The number of nitrogens with zero attached hydrogens (tertiary/aromatic N) is 3. The average molecular weight is 484 g/mol. The van der Waals surface area contributed by atoms with E-state index in [4.69, 9.17) is 28.7 Å². The zero-order valence-electron chi connectivity index (χ0n) is 20.4. The number of carbonyl (C=O) groups is 2. The molecule has 186 valence electrons. The molecule has 0 spiro atoms. The Kier molecular flexibility index (Phi) is 7.11. The van der Waals surface area contributed by atoms with Gasteiger partial charge in [-0.05, 0) is 36.8 Å². The number of benzene rings is 2. The monoisotopic (exact) mass is 483 g/mol. The summed E-state index contributed by atoms with van der Waals surface area (Å²) >= 11 is 0. The van der Waals surface area contributed by atoms with Crippen molar-refractivity contribution in [2.75, 3.05) is 53.1 Å². The molecule has 0 N–H and O–H groups in total. The fourth-order valence-electron chi connectivity index (χ4n) is 4.52. The summed E-state index contributed by atoms with van der Waals surface area (Å²) in [5.74, 6) is -0.559. The van der Waals surface area contributed by atoms with Gasteiger partial charge in [0.25, 0.3) is 0 Å². The molecule has 4 rings (SSSR count). The summed E-state index contributed by atoms with van der Waals surface area (Å²) in [5, 5.41) is 0. The highest BCUT2D eigenvalue weighted by atomic mass is 16.5. The van der Waals surface area contributed by atoms with E-state index in [1.807, 2.05) is 28.8 Å². The van der Waals surface area contributed by atoms with Crippen LogP contribution in [0.3, 0.4) is 0 Å². The van der Waals surface area contributed by atoms with E-state index in [1.165, 1.54) is 26.2 Å². The molecule has 0 aliphatic carbocycles. The van der Waals surface area contributed by atoms with Crippen LogP contribution in [0.5, 0.6) is 17.2 Å². The summed E-state index contributed by atoms with van der Waals surface area (Å²) in [6.07, 6.45) is 0. The highest BCUT2D eigenvalue weighted by molar-refractivity contribution is 6.08. The van der Waals surface area contributed by atoms with E-state index in [2.05, 4.69) is 0 Å². The van der Waals surface area contributed by atoms with Crippen LogP contribution in [-0.2, 0) is 19.1 Å². The summed E-state index contributed by atoms with van der Waals surface area (Å²) < 4.78 is 29.1. The molecule has 0 saturated carbocycles. The predicted octanol–water partition coefficient (Wildman–Crippen LogP) is 2.82. The standard InChI is InChI=1S/C25H29N3O7/c1-6-35-24(30)20-21(15-13-18(32-3)22(34-5)19(14-15)33-4)28-17-10-8-7-9-16(17)26-25(28)27(23(20)29)11-12-31-2/h7-10,13-14,20-21H,6,11-12H2,1-5H3. The summed E-state index contributed by atoms with van der Waals surface area (Å²) in [7, 11) is 6.10. The van der Waals surface area contributed by atoms with Crippen molar-refractivity contribution in [1.29, 1.82) is 0 Å². The van der Waals surface area contributed by atoms with E-state index < -0.39 is 23.8 Å². The van der Waals surface area contributed by atoms with Gasteiger partial charge in [-0.3, -0.25) is 14.5 Å². The van der Waals surface area contributed by atoms with E-state index in [0.29, 0.717) is 34.3 Å². The highest BCUT2D eigenvalue weighted by Gasteiger charge is 2.48. The normalized spacial score (nSPS) is 17.3. The van der Waals surface area contributed by atoms with Crippen molar-refractivity contribution >= 4 is 28.9 Å². The first-order chi connectivity index (χ1) is 17.0. The van der Waals surface area contributed by atoms with Gasteiger partial charge in [0.1, 0.15) is 0 Å². The minimum absolute atomic E-state index is 0.139. The Morgan fingerprint density at radius 3 is 2.31 bits per heavy atom. The number of rotatable bonds is 9. The lowest BCUT2D eigenvalue weighted by Gasteiger charge is -2.38. The van der Waals surface area contributed by atoms with E-state index in [-0.39, 0.29) is 19.8 Å². The average Bonchev–Trinajstić information content (AvgIpc) is 3.25. The maximum atomic E-state index is 13.8. The molecule has 2 unspecified atom stereocenters. The molecule has 2 aromatic carbocycles. The first kappa shape index (κ1) is 24.3. The molecule has 1 aliphatic heterocycles. The molecule has 1 aliphatic rings. The molecular weight excluding hydrogens is 454 g/mol. The molecular formula is C25H29N3O7. The third-order valence-electron chi connectivity index (χ3n) is 6.03. The van der Waals surface area contributed by atoms with Gasteiger partial charge in [0, 0.05) is 7.11 Å². The lowest BCUT2D eigenvalue weighted by molar-refractivity contribution is -0.153. The zero-order valence-corrected chi connectivity index (χ0v) is 20.4. The molecule has 35 heavy (non-hydrogen) atoms. The number of anilines is 1. The van der Waals surface area contributed by atoms with Gasteiger partial charge < -0.3 is 28.3 Å². The molecule has 3 aromatic rings. The van der Waals surface area contributed by atoms with Crippen molar-refractivity contribution in [1.82, 2.24) is 9.55 Å². The van der Waals surface area contributed by atoms with Crippen molar-refractivity contribution in [2.45, 2.75) is 13.0 Å². The topological polar surface area (TPSA) is 101 Å². The van der Waals surface area contributed by atoms with Gasteiger partial charge in [-0.1, -0.05) is 12.1 Å². The van der Waals surface area contributed by atoms with Crippen LogP contribution in [0.15, 0.2) is 36.4 Å². The van der Waals surface area contributed by atoms with Crippen molar-refractivity contribution in [3.63, 3.8) is 0 Å². The maximum Gasteiger partial charge on any atom is 0.321 e. The Hall–Kier alpha value is -3.79. The number of ether oxygens (including phenoxy) is 5. The molecule has 0 radical (unpaired) electrons. The number of fused-ring (bicyclic) bond motifs is 3. The molecule has 10 nitrogen and oxygen atoms in total. The molecule has 10 heteroatoms. The van der Waals surface area contributed by atoms with E-state index in [1.54, 1.807) is 26.2 Å². The number of amides is 1. The smallest absolute Gasteiger partial charge is 0.321 e. The van der Waals surface area contributed by atoms with E-state index in [0.717, 1.165) is 5.52 Å². The number of carbonyl (C=O) groups excluding carboxylic acids is 2. The van der Waals surface area contributed by atoms with E-state index in [9.17, 15) is 9.59 Å².